The van der Waals surface area contributed by atoms with Crippen molar-refractivity contribution in [1.82, 2.24) is 4.90 Å². The molecule has 0 bridgehead atoms. The number of aryl methyl sites for hydroxylation is 1. The van der Waals surface area contributed by atoms with E-state index in [4.69, 9.17) is 10.5 Å². The van der Waals surface area contributed by atoms with Gasteiger partial charge in [0.05, 0.1) is 18.7 Å². The van der Waals surface area contributed by atoms with Crippen LogP contribution in [0.1, 0.15) is 28.8 Å². The van der Waals surface area contributed by atoms with Crippen molar-refractivity contribution in [3.05, 3.63) is 40.3 Å². The minimum absolute atomic E-state index is 0.0661. The average molecular weight is 366 g/mol. The predicted molar refractivity (Wildman–Crippen MR) is 100 cm³/mol. The topological polar surface area (TPSA) is 91.7 Å². The van der Waals surface area contributed by atoms with Crippen molar-refractivity contribution < 1.29 is 9.53 Å². The molecule has 1 atom stereocenters. The van der Waals surface area contributed by atoms with E-state index in [1.54, 1.807) is 31.6 Å². The molecule has 132 valence electrons. The third kappa shape index (κ3) is 2.30. The van der Waals surface area contributed by atoms with Crippen LogP contribution in [0.4, 0.5) is 0 Å². The number of amides is 1. The van der Waals surface area contributed by atoms with Crippen LogP contribution in [-0.4, -0.2) is 30.9 Å². The number of carbonyl (C=O) groups excluding carboxylic acids is 1. The van der Waals surface area contributed by atoms with Crippen molar-refractivity contribution in [3.63, 3.8) is 0 Å². The summed E-state index contributed by atoms with van der Waals surface area (Å²) in [6.07, 6.45) is 2.48. The van der Waals surface area contributed by atoms with E-state index >= 15 is 0 Å². The number of methoxy groups -OCH3 is 1. The first-order valence-electron chi connectivity index (χ1n) is 8.35. The van der Waals surface area contributed by atoms with E-state index in [1.165, 1.54) is 4.90 Å². The summed E-state index contributed by atoms with van der Waals surface area (Å²) < 4.78 is 5.31. The van der Waals surface area contributed by atoms with Crippen molar-refractivity contribution in [2.75, 3.05) is 14.2 Å². The van der Waals surface area contributed by atoms with E-state index in [0.717, 1.165) is 33.7 Å². The highest BCUT2D eigenvalue weighted by atomic mass is 32.1. The Bertz CT molecular complexity index is 988. The molecule has 0 fully saturated rings. The lowest BCUT2D eigenvalue weighted by Gasteiger charge is -2.29. The van der Waals surface area contributed by atoms with Crippen LogP contribution < -0.4 is 10.5 Å². The zero-order valence-corrected chi connectivity index (χ0v) is 15.4. The predicted octanol–water partition coefficient (Wildman–Crippen LogP) is 2.61. The molecule has 4 rings (SSSR count). The molecule has 1 aromatic heterocycles. The Balaban J connectivity index is 1.85. The number of hydrogen-bond donors (Lipinski definition) is 1. The second-order valence-electron chi connectivity index (χ2n) is 6.56. The second-order valence-corrected chi connectivity index (χ2v) is 7.69. The smallest absolute Gasteiger partial charge is 0.261 e. The first-order valence-corrected chi connectivity index (χ1v) is 9.16. The largest absolute Gasteiger partial charge is 0.497 e. The number of hydrogen-bond acceptors (Lipinski definition) is 6. The van der Waals surface area contributed by atoms with Crippen molar-refractivity contribution in [3.8, 4) is 22.3 Å². The molecule has 26 heavy (non-hydrogen) atoms. The molecule has 0 radical (unpaired) electrons. The number of benzene rings is 1. The summed E-state index contributed by atoms with van der Waals surface area (Å²) in [5, 5.41) is 9.27. The number of nitriles is 1. The van der Waals surface area contributed by atoms with Crippen LogP contribution in [0.2, 0.25) is 0 Å². The number of likely N-dealkylation sites (N-methyl/N-ethyl adjacent to an activating group) is 1. The zero-order valence-electron chi connectivity index (χ0n) is 14.6. The molecular formula is C19H18N4O2S. The van der Waals surface area contributed by atoms with Gasteiger partial charge in [0.15, 0.2) is 11.5 Å². The molecule has 7 heteroatoms. The Morgan fingerprint density at radius 1 is 1.38 bits per heavy atom. The lowest BCUT2D eigenvalue weighted by Crippen LogP contribution is -2.41. The minimum Gasteiger partial charge on any atom is -0.497 e. The van der Waals surface area contributed by atoms with Gasteiger partial charge in [-0.3, -0.25) is 9.69 Å². The lowest BCUT2D eigenvalue weighted by molar-refractivity contribution is -0.131. The summed E-state index contributed by atoms with van der Waals surface area (Å²) in [5.41, 5.74) is 7.44. The number of guanidine groups is 1. The zero-order chi connectivity index (χ0) is 18.5. The van der Waals surface area contributed by atoms with Crippen LogP contribution in [0, 0.1) is 11.3 Å². The fourth-order valence-electron chi connectivity index (χ4n) is 3.71. The van der Waals surface area contributed by atoms with Gasteiger partial charge in [-0.1, -0.05) is 0 Å². The van der Waals surface area contributed by atoms with Gasteiger partial charge in [0.25, 0.3) is 5.91 Å². The molecule has 2 aromatic rings. The van der Waals surface area contributed by atoms with E-state index in [-0.39, 0.29) is 11.9 Å². The summed E-state index contributed by atoms with van der Waals surface area (Å²) in [7, 11) is 3.25. The van der Waals surface area contributed by atoms with E-state index < -0.39 is 5.54 Å². The maximum Gasteiger partial charge on any atom is 0.261 e. The van der Waals surface area contributed by atoms with Gasteiger partial charge in [-0.05, 0) is 49.1 Å². The monoisotopic (exact) mass is 366 g/mol. The molecule has 1 spiro atoms. The maximum atomic E-state index is 12.9. The van der Waals surface area contributed by atoms with Gasteiger partial charge >= 0.3 is 0 Å². The number of fused-ring (bicyclic) bond motifs is 2. The Hall–Kier alpha value is -2.85. The minimum atomic E-state index is -0.891. The number of ether oxygens (including phenoxy) is 1. The molecule has 2 aliphatic rings. The molecule has 2 heterocycles. The number of thiophene rings is 1. The van der Waals surface area contributed by atoms with Crippen LogP contribution in [0.25, 0.3) is 10.4 Å². The van der Waals surface area contributed by atoms with Gasteiger partial charge in [-0.25, -0.2) is 4.99 Å². The van der Waals surface area contributed by atoms with Gasteiger partial charge in [0.1, 0.15) is 5.75 Å². The summed E-state index contributed by atoms with van der Waals surface area (Å²) >= 11 is 1.65. The van der Waals surface area contributed by atoms with Crippen molar-refractivity contribution in [1.29, 1.82) is 5.26 Å². The standard InChI is InChI=1S/C19H18N4O2S/c1-23-17(24)19(22-18(23)21)5-3-4-15-14(19)9-16(26-15)12-6-11(10-20)7-13(8-12)25-2/h6-9H,3-5H2,1-2H3,(H2,21,22). The maximum absolute atomic E-state index is 12.9. The number of nitrogens with zero attached hydrogens (tertiary/aromatic N) is 3. The van der Waals surface area contributed by atoms with E-state index in [0.29, 0.717) is 17.7 Å². The normalized spacial score (nSPS) is 21.5. The molecule has 2 N–H and O–H groups in total. The van der Waals surface area contributed by atoms with E-state index in [1.807, 2.05) is 18.2 Å². The van der Waals surface area contributed by atoms with Crippen molar-refractivity contribution >= 4 is 23.2 Å². The third-order valence-corrected chi connectivity index (χ3v) is 6.30. The second kappa shape index (κ2) is 5.85. The number of nitrogens with two attached hydrogens (primary N) is 1. The molecule has 1 aliphatic carbocycles. The van der Waals surface area contributed by atoms with Crippen molar-refractivity contribution in [2.45, 2.75) is 24.8 Å². The highest BCUT2D eigenvalue weighted by molar-refractivity contribution is 7.15. The molecule has 0 saturated carbocycles. The SMILES string of the molecule is COc1cc(C#N)cc(-c2cc3c(s2)CCCC32N=C(N)N(C)C2=O)c1. The Morgan fingerprint density at radius 2 is 2.19 bits per heavy atom. The molecule has 6 nitrogen and oxygen atoms in total. The fourth-order valence-corrected chi connectivity index (χ4v) is 4.97. The Kier molecular flexibility index (Phi) is 3.74. The molecule has 1 unspecified atom stereocenters. The average Bonchev–Trinajstić information content (AvgIpc) is 3.19. The van der Waals surface area contributed by atoms with Crippen molar-refractivity contribution in [2.24, 2.45) is 10.7 Å². The van der Waals surface area contributed by atoms with Gasteiger partial charge in [0.2, 0.25) is 0 Å². The third-order valence-electron chi connectivity index (χ3n) is 5.06. The number of aliphatic imine (C=N–C) groups is 1. The fraction of sp³-hybridized carbons (Fsp3) is 0.316. The summed E-state index contributed by atoms with van der Waals surface area (Å²) in [4.78, 5) is 21.0. The number of rotatable bonds is 2. The molecule has 1 amide bonds. The Labute approximate surface area is 155 Å². The van der Waals surface area contributed by atoms with E-state index in [9.17, 15) is 10.1 Å². The quantitative estimate of drug-likeness (QED) is 0.884. The first-order chi connectivity index (χ1) is 12.5. The molecular weight excluding hydrogens is 348 g/mol. The summed E-state index contributed by atoms with van der Waals surface area (Å²) in [6, 6.07) is 9.65. The van der Waals surface area contributed by atoms with Crippen LogP contribution in [0.15, 0.2) is 29.3 Å². The van der Waals surface area contributed by atoms with Gasteiger partial charge < -0.3 is 10.5 Å². The van der Waals surface area contributed by atoms with E-state index in [2.05, 4.69) is 11.1 Å². The van der Waals surface area contributed by atoms with Gasteiger partial charge in [-0.2, -0.15) is 5.26 Å². The van der Waals surface area contributed by atoms with Gasteiger partial charge in [0, 0.05) is 22.4 Å². The molecule has 1 aliphatic heterocycles. The Morgan fingerprint density at radius 3 is 2.85 bits per heavy atom. The first kappa shape index (κ1) is 16.6. The van der Waals surface area contributed by atoms with Crippen LogP contribution in [-0.2, 0) is 16.8 Å². The van der Waals surface area contributed by atoms with Gasteiger partial charge in [-0.15, -0.1) is 11.3 Å². The van der Waals surface area contributed by atoms with Crippen LogP contribution in [0.3, 0.4) is 0 Å². The summed E-state index contributed by atoms with van der Waals surface area (Å²) in [6.45, 7) is 0. The highest BCUT2D eigenvalue weighted by Crippen LogP contribution is 2.48. The number of carbonyl (C=O) groups is 1. The molecule has 0 saturated heterocycles. The summed E-state index contributed by atoms with van der Waals surface area (Å²) in [5.74, 6) is 0.839. The van der Waals surface area contributed by atoms with Crippen LogP contribution >= 0.6 is 11.3 Å². The highest BCUT2D eigenvalue weighted by Gasteiger charge is 2.50. The lowest BCUT2D eigenvalue weighted by atomic mass is 9.80. The molecule has 1 aromatic carbocycles. The van der Waals surface area contributed by atoms with Crippen LogP contribution in [0.5, 0.6) is 5.75 Å².